The van der Waals surface area contributed by atoms with Gasteiger partial charge in [-0.15, -0.1) is 11.8 Å². The summed E-state index contributed by atoms with van der Waals surface area (Å²) in [5.74, 6) is -1.46. The Bertz CT molecular complexity index is 539. The Labute approximate surface area is 144 Å². The number of fused-ring (bicyclic) bond motifs is 1. The van der Waals surface area contributed by atoms with Gasteiger partial charge in [0, 0.05) is 12.6 Å². The van der Waals surface area contributed by atoms with Crippen molar-refractivity contribution in [3.63, 3.8) is 0 Å². The molecule has 9 heteroatoms. The van der Waals surface area contributed by atoms with Gasteiger partial charge in [0.1, 0.15) is 12.1 Å². The predicted octanol–water partition coefficient (Wildman–Crippen LogP) is -0.566. The molecular formula is C15H23N3O5S. The van der Waals surface area contributed by atoms with E-state index in [1.807, 2.05) is 13.8 Å². The first-order chi connectivity index (χ1) is 11.3. The number of aliphatic carboxylic acids is 1. The minimum Gasteiger partial charge on any atom is -0.481 e. The van der Waals surface area contributed by atoms with Crippen molar-refractivity contribution < 1.29 is 24.3 Å². The average molecular weight is 357 g/mol. The van der Waals surface area contributed by atoms with Crippen molar-refractivity contribution in [3.8, 4) is 0 Å². The number of carboxylic acids is 1. The summed E-state index contributed by atoms with van der Waals surface area (Å²) in [5.41, 5.74) is 0. The molecule has 0 bridgehead atoms. The normalized spacial score (nSPS) is 26.8. The van der Waals surface area contributed by atoms with Crippen LogP contribution in [0.25, 0.3) is 0 Å². The fraction of sp³-hybridized carbons (Fsp3) is 0.733. The Hall–Kier alpha value is -1.77. The number of thioether (sulfide) groups is 1. The van der Waals surface area contributed by atoms with Crippen molar-refractivity contribution in [3.05, 3.63) is 0 Å². The summed E-state index contributed by atoms with van der Waals surface area (Å²) in [4.78, 5) is 48.6. The van der Waals surface area contributed by atoms with Crippen LogP contribution >= 0.6 is 11.8 Å². The standard InChI is InChI=1S/C15H23N3O5S/c1-8(2)13-15(23)18-4-3-9(5-10(18)14(22)17-13)16-11(19)6-24-7-12(20)21/h8-10,13H,3-7H2,1-2H3,(H,16,19)(H,17,22)(H,20,21). The first-order valence-electron chi connectivity index (χ1n) is 7.99. The SMILES string of the molecule is CC(C)C1NC(=O)C2CC(NC(=O)CSCC(=O)O)CCN2C1=O. The number of carboxylic acid groups (broad SMARTS) is 1. The molecule has 0 saturated carbocycles. The number of hydrogen-bond acceptors (Lipinski definition) is 5. The van der Waals surface area contributed by atoms with Crippen LogP contribution in [0.15, 0.2) is 0 Å². The van der Waals surface area contributed by atoms with Crippen LogP contribution in [-0.4, -0.2) is 69.9 Å². The van der Waals surface area contributed by atoms with E-state index in [9.17, 15) is 19.2 Å². The quantitative estimate of drug-likeness (QED) is 0.587. The summed E-state index contributed by atoms with van der Waals surface area (Å²) in [5, 5.41) is 14.2. The third-order valence-electron chi connectivity index (χ3n) is 4.24. The number of hydrogen-bond donors (Lipinski definition) is 3. The molecule has 2 rings (SSSR count). The van der Waals surface area contributed by atoms with Gasteiger partial charge in [-0.2, -0.15) is 0 Å². The van der Waals surface area contributed by atoms with E-state index in [0.717, 1.165) is 11.8 Å². The molecule has 2 heterocycles. The summed E-state index contributed by atoms with van der Waals surface area (Å²) < 4.78 is 0. The number of carbonyl (C=O) groups is 4. The maximum absolute atomic E-state index is 12.4. The van der Waals surface area contributed by atoms with Gasteiger partial charge in [-0.05, 0) is 18.8 Å². The first-order valence-corrected chi connectivity index (χ1v) is 9.14. The molecular weight excluding hydrogens is 334 g/mol. The predicted molar refractivity (Wildman–Crippen MR) is 88.4 cm³/mol. The second-order valence-electron chi connectivity index (χ2n) is 6.45. The van der Waals surface area contributed by atoms with Gasteiger partial charge in [0.15, 0.2) is 0 Å². The molecule has 2 aliphatic heterocycles. The second-order valence-corrected chi connectivity index (χ2v) is 7.44. The topological polar surface area (TPSA) is 116 Å². The van der Waals surface area contributed by atoms with Crippen LogP contribution in [0, 0.1) is 5.92 Å². The smallest absolute Gasteiger partial charge is 0.313 e. The third-order valence-corrected chi connectivity index (χ3v) is 5.16. The van der Waals surface area contributed by atoms with E-state index in [0.29, 0.717) is 19.4 Å². The fourth-order valence-electron chi connectivity index (χ4n) is 3.05. The Morgan fingerprint density at radius 2 is 2.08 bits per heavy atom. The zero-order valence-corrected chi connectivity index (χ0v) is 14.6. The van der Waals surface area contributed by atoms with Crippen molar-refractivity contribution in [1.29, 1.82) is 0 Å². The molecule has 134 valence electrons. The molecule has 0 aromatic rings. The lowest BCUT2D eigenvalue weighted by molar-refractivity contribution is -0.153. The number of rotatable bonds is 6. The first kappa shape index (κ1) is 18.6. The largest absolute Gasteiger partial charge is 0.481 e. The molecule has 3 amide bonds. The van der Waals surface area contributed by atoms with E-state index in [2.05, 4.69) is 10.6 Å². The lowest BCUT2D eigenvalue weighted by Crippen LogP contribution is -2.67. The van der Waals surface area contributed by atoms with Crippen LogP contribution < -0.4 is 10.6 Å². The van der Waals surface area contributed by atoms with Gasteiger partial charge >= 0.3 is 5.97 Å². The molecule has 24 heavy (non-hydrogen) atoms. The Kier molecular flexibility index (Phi) is 6.09. The summed E-state index contributed by atoms with van der Waals surface area (Å²) in [6.45, 7) is 4.23. The summed E-state index contributed by atoms with van der Waals surface area (Å²) in [6, 6.07) is -1.20. The van der Waals surface area contributed by atoms with Crippen molar-refractivity contribution in [2.24, 2.45) is 5.92 Å². The Balaban J connectivity index is 1.88. The monoisotopic (exact) mass is 357 g/mol. The van der Waals surface area contributed by atoms with Crippen LogP contribution in [0.3, 0.4) is 0 Å². The molecule has 2 saturated heterocycles. The maximum Gasteiger partial charge on any atom is 0.313 e. The zero-order chi connectivity index (χ0) is 17.9. The van der Waals surface area contributed by atoms with Gasteiger partial charge in [0.2, 0.25) is 17.7 Å². The second kappa shape index (κ2) is 7.87. The number of carbonyl (C=O) groups excluding carboxylic acids is 3. The molecule has 3 N–H and O–H groups in total. The molecule has 0 aromatic carbocycles. The van der Waals surface area contributed by atoms with Gasteiger partial charge in [0.25, 0.3) is 0 Å². The number of piperidine rings is 1. The highest BCUT2D eigenvalue weighted by molar-refractivity contribution is 8.00. The molecule has 0 spiro atoms. The van der Waals surface area contributed by atoms with Gasteiger partial charge in [0.05, 0.1) is 11.5 Å². The van der Waals surface area contributed by atoms with Crippen LogP contribution in [0.5, 0.6) is 0 Å². The maximum atomic E-state index is 12.4. The van der Waals surface area contributed by atoms with Gasteiger partial charge < -0.3 is 20.6 Å². The molecule has 3 unspecified atom stereocenters. The number of amides is 3. The van der Waals surface area contributed by atoms with Crippen molar-refractivity contribution in [1.82, 2.24) is 15.5 Å². The number of nitrogens with one attached hydrogen (secondary N) is 2. The summed E-state index contributed by atoms with van der Waals surface area (Å²) >= 11 is 1.03. The van der Waals surface area contributed by atoms with E-state index in [4.69, 9.17) is 5.11 Å². The molecule has 8 nitrogen and oxygen atoms in total. The van der Waals surface area contributed by atoms with Crippen LogP contribution in [-0.2, 0) is 19.2 Å². The van der Waals surface area contributed by atoms with Crippen LogP contribution in [0.2, 0.25) is 0 Å². The fourth-order valence-corrected chi connectivity index (χ4v) is 3.60. The van der Waals surface area contributed by atoms with E-state index in [-0.39, 0.29) is 41.2 Å². The average Bonchev–Trinajstić information content (AvgIpc) is 2.50. The molecule has 0 aromatic heterocycles. The Morgan fingerprint density at radius 1 is 1.38 bits per heavy atom. The Morgan fingerprint density at radius 3 is 2.71 bits per heavy atom. The van der Waals surface area contributed by atoms with E-state index in [1.54, 1.807) is 4.90 Å². The minimum atomic E-state index is -0.960. The lowest BCUT2D eigenvalue weighted by atomic mass is 9.90. The highest BCUT2D eigenvalue weighted by atomic mass is 32.2. The molecule has 0 aliphatic carbocycles. The van der Waals surface area contributed by atoms with E-state index < -0.39 is 18.1 Å². The van der Waals surface area contributed by atoms with Gasteiger partial charge in [-0.25, -0.2) is 0 Å². The van der Waals surface area contributed by atoms with Gasteiger partial charge in [-0.1, -0.05) is 13.8 Å². The van der Waals surface area contributed by atoms with Crippen molar-refractivity contribution in [2.45, 2.75) is 44.8 Å². The highest BCUT2D eigenvalue weighted by Gasteiger charge is 2.44. The number of piperazine rings is 1. The van der Waals surface area contributed by atoms with E-state index in [1.165, 1.54) is 0 Å². The van der Waals surface area contributed by atoms with Gasteiger partial charge in [-0.3, -0.25) is 19.2 Å². The van der Waals surface area contributed by atoms with E-state index >= 15 is 0 Å². The molecule has 0 radical (unpaired) electrons. The third kappa shape index (κ3) is 4.40. The number of nitrogens with zero attached hydrogens (tertiary/aromatic N) is 1. The molecule has 2 aliphatic rings. The molecule has 3 atom stereocenters. The minimum absolute atomic E-state index is 0.0334. The van der Waals surface area contributed by atoms with Crippen molar-refractivity contribution >= 4 is 35.5 Å². The molecule has 2 fully saturated rings. The highest BCUT2D eigenvalue weighted by Crippen LogP contribution is 2.24. The van der Waals surface area contributed by atoms with Crippen LogP contribution in [0.1, 0.15) is 26.7 Å². The zero-order valence-electron chi connectivity index (χ0n) is 13.8. The summed E-state index contributed by atoms with van der Waals surface area (Å²) in [7, 11) is 0. The lowest BCUT2D eigenvalue weighted by Gasteiger charge is -2.45. The summed E-state index contributed by atoms with van der Waals surface area (Å²) in [6.07, 6.45) is 0.980. The van der Waals surface area contributed by atoms with Crippen LogP contribution in [0.4, 0.5) is 0 Å². The van der Waals surface area contributed by atoms with Crippen molar-refractivity contribution in [2.75, 3.05) is 18.1 Å².